The van der Waals surface area contributed by atoms with Crippen LogP contribution in [0.25, 0.3) is 5.76 Å². The summed E-state index contributed by atoms with van der Waals surface area (Å²) in [5, 5.41) is 11.3. The van der Waals surface area contributed by atoms with E-state index in [1.54, 1.807) is 19.2 Å². The van der Waals surface area contributed by atoms with E-state index in [1.807, 2.05) is 37.3 Å². The summed E-state index contributed by atoms with van der Waals surface area (Å²) in [5.41, 5.74) is 2.23. The number of Topliss-reactive ketones (excluding diaryl/α,β-unsaturated/α-hetero) is 1. The molecular weight excluding hydrogens is 446 g/mol. The molecule has 1 amide bonds. The molecule has 35 heavy (non-hydrogen) atoms. The number of fused-ring (bicyclic) bond motifs is 1. The first-order valence-corrected chi connectivity index (χ1v) is 12.2. The number of methoxy groups -OCH3 is 1. The number of hydrogen-bond acceptors (Lipinski definition) is 6. The fourth-order valence-corrected chi connectivity index (χ4v) is 4.69. The number of likely N-dealkylation sites (tertiary alicyclic amines) is 1. The van der Waals surface area contributed by atoms with E-state index in [2.05, 4.69) is 6.92 Å². The molecule has 1 fully saturated rings. The summed E-state index contributed by atoms with van der Waals surface area (Å²) in [6.45, 7) is 5.21. The molecule has 0 spiro atoms. The Morgan fingerprint density at radius 2 is 1.97 bits per heavy atom. The molecule has 0 bridgehead atoms. The Kier molecular flexibility index (Phi) is 7.76. The van der Waals surface area contributed by atoms with Crippen molar-refractivity contribution in [3.05, 3.63) is 64.7 Å². The van der Waals surface area contributed by atoms with Gasteiger partial charge in [-0.3, -0.25) is 9.59 Å². The molecule has 1 saturated heterocycles. The van der Waals surface area contributed by atoms with Gasteiger partial charge in [0.05, 0.1) is 24.8 Å². The highest BCUT2D eigenvalue weighted by molar-refractivity contribution is 6.46. The summed E-state index contributed by atoms with van der Waals surface area (Å²) in [5.74, 6) is -0.104. The molecule has 0 aliphatic carbocycles. The van der Waals surface area contributed by atoms with Crippen LogP contribution in [0.3, 0.4) is 0 Å². The lowest BCUT2D eigenvalue weighted by molar-refractivity contribution is -0.140. The fraction of sp³-hybridized carbons (Fsp3) is 0.429. The first kappa shape index (κ1) is 24.8. The van der Waals surface area contributed by atoms with Crippen LogP contribution in [-0.4, -0.2) is 54.7 Å². The maximum absolute atomic E-state index is 13.2. The van der Waals surface area contributed by atoms with Gasteiger partial charge in [-0.2, -0.15) is 0 Å². The molecule has 0 aromatic heterocycles. The SMILES string of the molecule is CCCCCOc1cccc(C2/C(=C(\O)c3ccc4c(c3)CC(C)O4)C(=O)C(=O)N2CCOC)c1. The predicted octanol–water partition coefficient (Wildman–Crippen LogP) is 4.65. The number of ketones is 1. The van der Waals surface area contributed by atoms with E-state index in [9.17, 15) is 14.7 Å². The van der Waals surface area contributed by atoms with Crippen LogP contribution in [0.1, 0.15) is 55.8 Å². The van der Waals surface area contributed by atoms with Crippen LogP contribution in [-0.2, 0) is 20.7 Å². The summed E-state index contributed by atoms with van der Waals surface area (Å²) in [6, 6.07) is 12.0. The molecule has 0 saturated carbocycles. The highest BCUT2D eigenvalue weighted by atomic mass is 16.5. The van der Waals surface area contributed by atoms with E-state index in [4.69, 9.17) is 14.2 Å². The maximum Gasteiger partial charge on any atom is 0.295 e. The Balaban J connectivity index is 1.73. The molecule has 7 nitrogen and oxygen atoms in total. The highest BCUT2D eigenvalue weighted by Crippen LogP contribution is 2.41. The van der Waals surface area contributed by atoms with Gasteiger partial charge in [0, 0.05) is 25.6 Å². The number of carbonyl (C=O) groups excluding carboxylic acids is 2. The van der Waals surface area contributed by atoms with Crippen LogP contribution in [0, 0.1) is 0 Å². The Bertz CT molecular complexity index is 1120. The molecule has 2 aliphatic rings. The Morgan fingerprint density at radius 3 is 2.74 bits per heavy atom. The number of aliphatic hydroxyl groups is 1. The fourth-order valence-electron chi connectivity index (χ4n) is 4.69. The second-order valence-electron chi connectivity index (χ2n) is 9.07. The molecule has 2 heterocycles. The zero-order chi connectivity index (χ0) is 24.9. The Morgan fingerprint density at radius 1 is 1.14 bits per heavy atom. The smallest absolute Gasteiger partial charge is 0.295 e. The molecule has 2 atom stereocenters. The Labute approximate surface area is 206 Å². The maximum atomic E-state index is 13.2. The van der Waals surface area contributed by atoms with E-state index in [-0.39, 0.29) is 30.6 Å². The minimum absolute atomic E-state index is 0.0575. The number of unbranched alkanes of at least 4 members (excludes halogenated alkanes) is 2. The first-order valence-electron chi connectivity index (χ1n) is 12.2. The van der Waals surface area contributed by atoms with E-state index >= 15 is 0 Å². The number of ether oxygens (including phenoxy) is 3. The van der Waals surface area contributed by atoms with Crippen molar-refractivity contribution in [3.8, 4) is 11.5 Å². The number of rotatable bonds is 10. The molecule has 1 N–H and O–H groups in total. The zero-order valence-corrected chi connectivity index (χ0v) is 20.6. The number of aliphatic hydroxyl groups excluding tert-OH is 1. The van der Waals surface area contributed by atoms with Gasteiger partial charge in [0.1, 0.15) is 23.4 Å². The molecular formula is C28H33NO6. The van der Waals surface area contributed by atoms with Gasteiger partial charge in [-0.15, -0.1) is 0 Å². The van der Waals surface area contributed by atoms with Crippen molar-refractivity contribution in [2.45, 2.75) is 51.7 Å². The minimum atomic E-state index is -0.743. The van der Waals surface area contributed by atoms with Crippen molar-refractivity contribution in [1.82, 2.24) is 4.90 Å². The van der Waals surface area contributed by atoms with Gasteiger partial charge in [-0.25, -0.2) is 0 Å². The third kappa shape index (κ3) is 5.20. The molecule has 2 aliphatic heterocycles. The van der Waals surface area contributed by atoms with E-state index in [0.717, 1.165) is 37.0 Å². The molecule has 2 unspecified atom stereocenters. The number of hydrogen-bond donors (Lipinski definition) is 1. The standard InChI is InChI=1S/C28H33NO6/c1-4-5-6-13-34-22-9-7-8-19(17-22)25-24(27(31)28(32)29(25)12-14-33-3)26(30)20-10-11-23-21(16-20)15-18(2)35-23/h7-11,16-18,25,30H,4-6,12-15H2,1-3H3/b26-24+. The molecule has 0 radical (unpaired) electrons. The number of nitrogens with zero attached hydrogens (tertiary/aromatic N) is 1. The summed E-state index contributed by atoms with van der Waals surface area (Å²) in [4.78, 5) is 27.7. The number of benzene rings is 2. The average molecular weight is 480 g/mol. The van der Waals surface area contributed by atoms with Gasteiger partial charge in [-0.1, -0.05) is 31.9 Å². The molecule has 2 aromatic carbocycles. The lowest BCUT2D eigenvalue weighted by Gasteiger charge is -2.25. The van der Waals surface area contributed by atoms with Gasteiger partial charge < -0.3 is 24.2 Å². The lowest BCUT2D eigenvalue weighted by atomic mass is 9.94. The summed E-state index contributed by atoms with van der Waals surface area (Å²) in [6.07, 6.45) is 3.92. The van der Waals surface area contributed by atoms with E-state index in [0.29, 0.717) is 23.5 Å². The second-order valence-corrected chi connectivity index (χ2v) is 9.07. The monoisotopic (exact) mass is 479 g/mol. The molecule has 4 rings (SSSR count). The van der Waals surface area contributed by atoms with Crippen molar-refractivity contribution >= 4 is 17.4 Å². The molecule has 7 heteroatoms. The van der Waals surface area contributed by atoms with Crippen molar-refractivity contribution in [2.75, 3.05) is 26.9 Å². The first-order chi connectivity index (χ1) is 16.9. The third-order valence-electron chi connectivity index (χ3n) is 6.44. The van der Waals surface area contributed by atoms with Gasteiger partial charge >= 0.3 is 0 Å². The van der Waals surface area contributed by atoms with Crippen LogP contribution in [0.2, 0.25) is 0 Å². The van der Waals surface area contributed by atoms with Crippen LogP contribution >= 0.6 is 0 Å². The van der Waals surface area contributed by atoms with Crippen LogP contribution < -0.4 is 9.47 Å². The number of amides is 1. The second kappa shape index (κ2) is 11.0. The quantitative estimate of drug-likeness (QED) is 0.231. The highest BCUT2D eigenvalue weighted by Gasteiger charge is 2.46. The van der Waals surface area contributed by atoms with Crippen molar-refractivity contribution < 1.29 is 28.9 Å². The van der Waals surface area contributed by atoms with Gasteiger partial charge in [0.25, 0.3) is 11.7 Å². The van der Waals surface area contributed by atoms with Gasteiger partial charge in [-0.05, 0) is 54.8 Å². The van der Waals surface area contributed by atoms with E-state index < -0.39 is 17.7 Å². The van der Waals surface area contributed by atoms with Crippen LogP contribution in [0.15, 0.2) is 48.0 Å². The van der Waals surface area contributed by atoms with Crippen molar-refractivity contribution in [2.24, 2.45) is 0 Å². The normalized spacial score (nSPS) is 20.7. The van der Waals surface area contributed by atoms with Crippen LogP contribution in [0.4, 0.5) is 0 Å². The number of carbonyl (C=O) groups is 2. The largest absolute Gasteiger partial charge is 0.507 e. The minimum Gasteiger partial charge on any atom is -0.507 e. The third-order valence-corrected chi connectivity index (χ3v) is 6.44. The summed E-state index contributed by atoms with van der Waals surface area (Å²) >= 11 is 0. The van der Waals surface area contributed by atoms with Gasteiger partial charge in [0.15, 0.2) is 0 Å². The van der Waals surface area contributed by atoms with Gasteiger partial charge in [0.2, 0.25) is 0 Å². The lowest BCUT2D eigenvalue weighted by Crippen LogP contribution is -2.32. The summed E-state index contributed by atoms with van der Waals surface area (Å²) < 4.78 is 16.9. The topological polar surface area (TPSA) is 85.3 Å². The van der Waals surface area contributed by atoms with Crippen molar-refractivity contribution in [1.29, 1.82) is 0 Å². The van der Waals surface area contributed by atoms with Crippen molar-refractivity contribution in [3.63, 3.8) is 0 Å². The molecule has 2 aromatic rings. The molecule has 186 valence electrons. The van der Waals surface area contributed by atoms with Crippen LogP contribution in [0.5, 0.6) is 11.5 Å². The summed E-state index contributed by atoms with van der Waals surface area (Å²) in [7, 11) is 1.55. The Hall–Kier alpha value is -3.32. The average Bonchev–Trinajstić information content (AvgIpc) is 3.35. The predicted molar refractivity (Wildman–Crippen MR) is 133 cm³/mol. The van der Waals surface area contributed by atoms with E-state index in [1.165, 1.54) is 4.90 Å². The zero-order valence-electron chi connectivity index (χ0n) is 20.6.